The number of nitrogens with zero attached hydrogens (tertiary/aromatic N) is 6. The average molecular weight is 444 g/mol. The Labute approximate surface area is 180 Å². The van der Waals surface area contributed by atoms with Gasteiger partial charge >= 0.3 is 6.18 Å². The highest BCUT2D eigenvalue weighted by atomic mass is 19.4. The number of rotatable bonds is 2. The predicted molar refractivity (Wildman–Crippen MR) is 109 cm³/mol. The van der Waals surface area contributed by atoms with Crippen LogP contribution in [0.2, 0.25) is 0 Å². The van der Waals surface area contributed by atoms with Gasteiger partial charge in [-0.2, -0.15) is 23.4 Å². The first kappa shape index (κ1) is 20.3. The quantitative estimate of drug-likeness (QED) is 0.463. The molecule has 1 aliphatic rings. The van der Waals surface area contributed by atoms with Crippen LogP contribution in [0.5, 0.6) is 0 Å². The zero-order valence-electron chi connectivity index (χ0n) is 17.5. The molecule has 0 radical (unpaired) electrons. The molecule has 0 aliphatic carbocycles. The lowest BCUT2D eigenvalue weighted by Gasteiger charge is -2.34. The van der Waals surface area contributed by atoms with E-state index in [4.69, 9.17) is 4.42 Å². The summed E-state index contributed by atoms with van der Waals surface area (Å²) in [4.78, 5) is 19.7. The topological polar surface area (TPSA) is 82.0 Å². The second-order valence-electron chi connectivity index (χ2n) is 7.83. The van der Waals surface area contributed by atoms with Crippen molar-refractivity contribution in [3.63, 3.8) is 0 Å². The van der Waals surface area contributed by atoms with Gasteiger partial charge in [-0.1, -0.05) is 0 Å². The van der Waals surface area contributed by atoms with Crippen LogP contribution in [0.3, 0.4) is 0 Å². The third kappa shape index (κ3) is 3.07. The van der Waals surface area contributed by atoms with E-state index < -0.39 is 18.1 Å². The highest BCUT2D eigenvalue weighted by Gasteiger charge is 2.46. The molecular weight excluding hydrogens is 425 g/mol. The third-order valence-electron chi connectivity index (χ3n) is 5.63. The molecule has 0 bridgehead atoms. The van der Waals surface area contributed by atoms with E-state index in [0.29, 0.717) is 39.4 Å². The van der Waals surface area contributed by atoms with E-state index in [-0.39, 0.29) is 18.8 Å². The fourth-order valence-electron chi connectivity index (χ4n) is 4.24. The van der Waals surface area contributed by atoms with Gasteiger partial charge in [0.2, 0.25) is 0 Å². The maximum atomic E-state index is 13.7. The van der Waals surface area contributed by atoms with Crippen LogP contribution in [0, 0.1) is 13.8 Å². The Morgan fingerprint density at radius 3 is 2.69 bits per heavy atom. The summed E-state index contributed by atoms with van der Waals surface area (Å²) in [7, 11) is 1.72. The summed E-state index contributed by atoms with van der Waals surface area (Å²) < 4.78 is 48.6. The van der Waals surface area contributed by atoms with Crippen LogP contribution in [0.25, 0.3) is 22.5 Å². The van der Waals surface area contributed by atoms with Crippen LogP contribution in [-0.2, 0) is 7.05 Å². The largest absolute Gasteiger partial charge is 0.463 e. The molecule has 0 unspecified atom stereocenters. The van der Waals surface area contributed by atoms with Crippen LogP contribution < -0.4 is 4.90 Å². The SMILES string of the molecule is Cc1cc2n(n1)[C@@H](C(F)(F)F)CCN2C(=O)c1cc(-c2ccco2)nc2c1c(C)nn2C. The molecular formula is C21H19F3N6O2. The molecule has 0 aromatic carbocycles. The summed E-state index contributed by atoms with van der Waals surface area (Å²) in [6.45, 7) is 3.28. The molecule has 0 spiro atoms. The molecule has 4 aromatic rings. The molecule has 0 N–H and O–H groups in total. The van der Waals surface area contributed by atoms with Gasteiger partial charge in [-0.25, -0.2) is 9.67 Å². The van der Waals surface area contributed by atoms with Gasteiger partial charge < -0.3 is 4.42 Å². The summed E-state index contributed by atoms with van der Waals surface area (Å²) in [5.74, 6) is 0.145. The Kier molecular flexibility index (Phi) is 4.40. The number of alkyl halides is 3. The molecule has 0 fully saturated rings. The number of furan rings is 1. The van der Waals surface area contributed by atoms with Gasteiger partial charge in [0.15, 0.2) is 17.4 Å². The normalized spacial score (nSPS) is 16.6. The van der Waals surface area contributed by atoms with E-state index in [0.717, 1.165) is 4.68 Å². The fraction of sp³-hybridized carbons (Fsp3) is 0.333. The van der Waals surface area contributed by atoms with E-state index >= 15 is 0 Å². The van der Waals surface area contributed by atoms with E-state index in [9.17, 15) is 18.0 Å². The van der Waals surface area contributed by atoms with Crippen LogP contribution in [0.15, 0.2) is 34.9 Å². The minimum Gasteiger partial charge on any atom is -0.463 e. The van der Waals surface area contributed by atoms with Gasteiger partial charge in [0, 0.05) is 19.7 Å². The highest BCUT2D eigenvalue weighted by molar-refractivity contribution is 6.14. The minimum absolute atomic E-state index is 0.0899. The summed E-state index contributed by atoms with van der Waals surface area (Å²) >= 11 is 0. The highest BCUT2D eigenvalue weighted by Crippen LogP contribution is 2.40. The maximum Gasteiger partial charge on any atom is 0.410 e. The van der Waals surface area contributed by atoms with Gasteiger partial charge in [0.05, 0.1) is 28.6 Å². The second kappa shape index (κ2) is 6.94. The molecule has 1 atom stereocenters. The van der Waals surface area contributed by atoms with Crippen molar-refractivity contribution in [1.82, 2.24) is 24.5 Å². The summed E-state index contributed by atoms with van der Waals surface area (Å²) in [6.07, 6.45) is -3.24. The molecule has 1 amide bonds. The number of hydrogen-bond donors (Lipinski definition) is 0. The van der Waals surface area contributed by atoms with Gasteiger partial charge in [0.25, 0.3) is 5.91 Å². The molecule has 1 aliphatic heterocycles. The van der Waals surface area contributed by atoms with Gasteiger partial charge in [-0.3, -0.25) is 14.4 Å². The van der Waals surface area contributed by atoms with E-state index in [1.54, 1.807) is 43.8 Å². The molecule has 8 nitrogen and oxygen atoms in total. The Balaban J connectivity index is 1.67. The number of amides is 1. The van der Waals surface area contributed by atoms with Crippen LogP contribution in [-0.4, -0.2) is 43.2 Å². The fourth-order valence-corrected chi connectivity index (χ4v) is 4.24. The molecule has 5 rings (SSSR count). The first-order valence-corrected chi connectivity index (χ1v) is 9.98. The Hall–Kier alpha value is -3.63. The first-order chi connectivity index (χ1) is 15.1. The molecule has 5 heterocycles. The monoisotopic (exact) mass is 444 g/mol. The Bertz CT molecular complexity index is 1340. The molecule has 0 saturated heterocycles. The van der Waals surface area contributed by atoms with Crippen LogP contribution in [0.4, 0.5) is 19.0 Å². The Morgan fingerprint density at radius 1 is 1.22 bits per heavy atom. The van der Waals surface area contributed by atoms with Crippen molar-refractivity contribution in [2.75, 3.05) is 11.4 Å². The van der Waals surface area contributed by atoms with E-state index in [2.05, 4.69) is 15.2 Å². The minimum atomic E-state index is -4.46. The van der Waals surface area contributed by atoms with Crippen molar-refractivity contribution >= 4 is 22.8 Å². The maximum absolute atomic E-state index is 13.7. The lowest BCUT2D eigenvalue weighted by molar-refractivity contribution is -0.172. The van der Waals surface area contributed by atoms with Gasteiger partial charge in [-0.05, 0) is 38.5 Å². The van der Waals surface area contributed by atoms with Crippen molar-refractivity contribution in [2.45, 2.75) is 32.5 Å². The first-order valence-electron chi connectivity index (χ1n) is 9.98. The summed E-state index contributed by atoms with van der Waals surface area (Å²) in [6, 6.07) is 4.75. The molecule has 11 heteroatoms. The lowest BCUT2D eigenvalue weighted by atomic mass is 10.1. The van der Waals surface area contributed by atoms with Crippen molar-refractivity contribution in [2.24, 2.45) is 7.05 Å². The number of hydrogen-bond acceptors (Lipinski definition) is 5. The zero-order valence-corrected chi connectivity index (χ0v) is 17.5. The number of halogens is 3. The Morgan fingerprint density at radius 2 is 2.00 bits per heavy atom. The predicted octanol–water partition coefficient (Wildman–Crippen LogP) is 4.20. The molecule has 32 heavy (non-hydrogen) atoms. The number of fused-ring (bicyclic) bond motifs is 2. The number of carbonyl (C=O) groups excluding carboxylic acids is 1. The zero-order chi connectivity index (χ0) is 22.8. The summed E-state index contributed by atoms with van der Waals surface area (Å²) in [5, 5.41) is 8.96. The lowest BCUT2D eigenvalue weighted by Crippen LogP contribution is -2.43. The van der Waals surface area contributed by atoms with Crippen molar-refractivity contribution in [3.8, 4) is 11.5 Å². The smallest absolute Gasteiger partial charge is 0.410 e. The summed E-state index contributed by atoms with van der Waals surface area (Å²) in [5.41, 5.74) is 2.21. The average Bonchev–Trinajstić information content (AvgIpc) is 3.45. The standard InChI is InChI=1S/C21H19F3N6O2/c1-11-9-17-29(7-6-16(21(22,23)24)30(17)26-11)20(31)13-10-14(15-5-4-8-32-15)25-19-18(13)12(2)27-28(19)3/h4-5,8-10,16H,6-7H2,1-3H3/t16-/m1/s1. The number of anilines is 1. The number of carbonyl (C=O) groups is 1. The van der Waals surface area contributed by atoms with Gasteiger partial charge in [-0.15, -0.1) is 0 Å². The van der Waals surface area contributed by atoms with Crippen molar-refractivity contribution in [1.29, 1.82) is 0 Å². The van der Waals surface area contributed by atoms with E-state index in [1.807, 2.05) is 0 Å². The molecule has 166 valence electrons. The molecule has 4 aromatic heterocycles. The van der Waals surface area contributed by atoms with E-state index in [1.165, 1.54) is 17.2 Å². The second-order valence-corrected chi connectivity index (χ2v) is 7.83. The van der Waals surface area contributed by atoms with Crippen LogP contribution in [0.1, 0.15) is 34.2 Å². The van der Waals surface area contributed by atoms with Crippen molar-refractivity contribution < 1.29 is 22.4 Å². The van der Waals surface area contributed by atoms with Crippen LogP contribution >= 0.6 is 0 Å². The number of aryl methyl sites for hydroxylation is 3. The van der Waals surface area contributed by atoms with Gasteiger partial charge in [0.1, 0.15) is 11.5 Å². The molecule has 0 saturated carbocycles. The van der Waals surface area contributed by atoms with Crippen molar-refractivity contribution in [3.05, 3.63) is 47.5 Å². The number of pyridine rings is 1. The third-order valence-corrected chi connectivity index (χ3v) is 5.63. The number of aromatic nitrogens is 5.